The average molecular weight is 431 g/mol. The molecule has 0 radical (unpaired) electrons. The van der Waals surface area contributed by atoms with Gasteiger partial charge in [-0.1, -0.05) is 56.3 Å². The maximum Gasteiger partial charge on any atom is 0.305 e. The summed E-state index contributed by atoms with van der Waals surface area (Å²) >= 11 is 0. The van der Waals surface area contributed by atoms with Gasteiger partial charge in [0.1, 0.15) is 5.78 Å². The third-order valence-electron chi connectivity index (χ3n) is 6.61. The van der Waals surface area contributed by atoms with Crippen molar-refractivity contribution in [3.8, 4) is 0 Å². The zero-order valence-electron chi connectivity index (χ0n) is 19.1. The maximum atomic E-state index is 12.9. The number of rotatable bonds is 12. The number of benzene rings is 1. The van der Waals surface area contributed by atoms with Crippen LogP contribution in [0.3, 0.4) is 0 Å². The van der Waals surface area contributed by atoms with E-state index in [1.54, 1.807) is 0 Å². The van der Waals surface area contributed by atoms with Crippen LogP contribution >= 0.6 is 0 Å². The topological polar surface area (TPSA) is 83.8 Å². The highest BCUT2D eigenvalue weighted by atomic mass is 16.5. The van der Waals surface area contributed by atoms with Gasteiger partial charge in [0.25, 0.3) is 0 Å². The molecular weight excluding hydrogens is 392 g/mol. The summed E-state index contributed by atoms with van der Waals surface area (Å²) in [5.74, 6) is -0.491. The van der Waals surface area contributed by atoms with Crippen LogP contribution in [0.1, 0.15) is 64.4 Å². The van der Waals surface area contributed by atoms with Crippen molar-refractivity contribution in [1.29, 1.82) is 0 Å². The number of allylic oxidation sites excluding steroid dienone is 2. The standard InChI is InChI=1S/C26H38O5/c1-26(2)24(29)21(13-9-4-5-10-14-23(28)31-3)22(25(26)30)18-17-20(27)16-15-19-11-7-6-8-12-19/h4,6-9,11-12,20-22,25,27,30H,5,10,13-18H2,1-3H3/t20?,21-,22-,25+/m1/s1. The molecule has 31 heavy (non-hydrogen) atoms. The van der Waals surface area contributed by atoms with Crippen LogP contribution in [0.4, 0.5) is 0 Å². The maximum absolute atomic E-state index is 12.9. The fourth-order valence-electron chi connectivity index (χ4n) is 4.55. The lowest BCUT2D eigenvalue weighted by Gasteiger charge is -2.25. The second-order valence-corrected chi connectivity index (χ2v) is 9.23. The van der Waals surface area contributed by atoms with E-state index in [0.717, 1.165) is 12.8 Å². The lowest BCUT2D eigenvalue weighted by Crippen LogP contribution is -2.32. The van der Waals surface area contributed by atoms with Crippen LogP contribution in [0.15, 0.2) is 42.5 Å². The number of carbonyl (C=O) groups is 2. The molecular formula is C26H38O5. The molecule has 1 aliphatic rings. The number of ether oxygens (including phenoxy) is 1. The molecule has 0 saturated heterocycles. The van der Waals surface area contributed by atoms with E-state index in [-0.39, 0.29) is 23.6 Å². The summed E-state index contributed by atoms with van der Waals surface area (Å²) in [7, 11) is 1.38. The Labute approximate surface area is 186 Å². The molecule has 0 amide bonds. The number of aliphatic hydroxyl groups is 2. The van der Waals surface area contributed by atoms with Gasteiger partial charge in [0.05, 0.1) is 19.3 Å². The van der Waals surface area contributed by atoms with Crippen LogP contribution < -0.4 is 0 Å². The van der Waals surface area contributed by atoms with Gasteiger partial charge in [0.15, 0.2) is 0 Å². The molecule has 0 spiro atoms. The normalized spacial score (nSPS) is 23.9. The zero-order chi connectivity index (χ0) is 22.9. The molecule has 1 fully saturated rings. The minimum absolute atomic E-state index is 0.1000. The van der Waals surface area contributed by atoms with Gasteiger partial charge in [-0.05, 0) is 56.4 Å². The number of esters is 1. The Balaban J connectivity index is 1.86. The average Bonchev–Trinajstić information content (AvgIpc) is 2.93. The van der Waals surface area contributed by atoms with E-state index >= 15 is 0 Å². The lowest BCUT2D eigenvalue weighted by molar-refractivity contribution is -0.140. The Kier molecular flexibility index (Phi) is 9.92. The van der Waals surface area contributed by atoms with Crippen LogP contribution in [0, 0.1) is 17.3 Å². The lowest BCUT2D eigenvalue weighted by atomic mass is 9.84. The predicted octanol–water partition coefficient (Wildman–Crippen LogP) is 4.25. The van der Waals surface area contributed by atoms with E-state index in [4.69, 9.17) is 0 Å². The Morgan fingerprint density at radius 1 is 1.19 bits per heavy atom. The Morgan fingerprint density at radius 3 is 2.58 bits per heavy atom. The zero-order valence-corrected chi connectivity index (χ0v) is 19.1. The van der Waals surface area contributed by atoms with Crippen LogP contribution in [0.25, 0.3) is 0 Å². The van der Waals surface area contributed by atoms with Crippen LogP contribution in [0.5, 0.6) is 0 Å². The summed E-state index contributed by atoms with van der Waals surface area (Å²) in [6.07, 6.45) is 8.00. The van der Waals surface area contributed by atoms with Gasteiger partial charge in [-0.25, -0.2) is 0 Å². The molecule has 5 heteroatoms. The van der Waals surface area contributed by atoms with Gasteiger partial charge in [-0.15, -0.1) is 0 Å². The van der Waals surface area contributed by atoms with Gasteiger partial charge in [0.2, 0.25) is 0 Å². The Hall–Kier alpha value is -1.98. The van der Waals surface area contributed by atoms with Crippen molar-refractivity contribution in [2.75, 3.05) is 7.11 Å². The molecule has 172 valence electrons. The first-order chi connectivity index (χ1) is 14.8. The summed E-state index contributed by atoms with van der Waals surface area (Å²) in [6, 6.07) is 10.1. The summed E-state index contributed by atoms with van der Waals surface area (Å²) in [5.41, 5.74) is 0.442. The molecule has 2 rings (SSSR count). The molecule has 0 bridgehead atoms. The molecule has 1 aromatic rings. The molecule has 0 aromatic heterocycles. The van der Waals surface area contributed by atoms with Crippen LogP contribution in [0.2, 0.25) is 0 Å². The summed E-state index contributed by atoms with van der Waals surface area (Å²) in [4.78, 5) is 24.1. The molecule has 1 saturated carbocycles. The van der Waals surface area contributed by atoms with Crippen molar-refractivity contribution in [3.63, 3.8) is 0 Å². The smallest absolute Gasteiger partial charge is 0.305 e. The number of aliphatic hydroxyl groups excluding tert-OH is 2. The van der Waals surface area contributed by atoms with Crippen molar-refractivity contribution in [2.24, 2.45) is 17.3 Å². The first-order valence-corrected chi connectivity index (χ1v) is 11.4. The first-order valence-electron chi connectivity index (χ1n) is 11.4. The number of ketones is 1. The van der Waals surface area contributed by atoms with Gasteiger partial charge < -0.3 is 14.9 Å². The fourth-order valence-corrected chi connectivity index (χ4v) is 4.55. The van der Waals surface area contributed by atoms with Gasteiger partial charge in [-0.2, -0.15) is 0 Å². The first kappa shape index (κ1) is 25.3. The SMILES string of the molecule is COC(=O)CCCC=CC[C@H]1C(=O)C(C)(C)[C@@H](O)[C@@H]1CCC(O)CCc1ccccc1. The molecule has 2 N–H and O–H groups in total. The Bertz CT molecular complexity index is 725. The van der Waals surface area contributed by atoms with Crippen molar-refractivity contribution in [2.45, 2.75) is 77.4 Å². The van der Waals surface area contributed by atoms with Crippen molar-refractivity contribution >= 4 is 11.8 Å². The predicted molar refractivity (Wildman–Crippen MR) is 121 cm³/mol. The number of carbonyl (C=O) groups excluding carboxylic acids is 2. The Morgan fingerprint density at radius 2 is 1.90 bits per heavy atom. The molecule has 1 aliphatic carbocycles. The van der Waals surface area contributed by atoms with Crippen LogP contribution in [-0.4, -0.2) is 41.3 Å². The summed E-state index contributed by atoms with van der Waals surface area (Å²) in [6.45, 7) is 3.64. The quantitative estimate of drug-likeness (QED) is 0.294. The molecule has 1 unspecified atom stereocenters. The second kappa shape index (κ2) is 12.2. The second-order valence-electron chi connectivity index (χ2n) is 9.23. The molecule has 5 nitrogen and oxygen atoms in total. The highest BCUT2D eigenvalue weighted by molar-refractivity contribution is 5.90. The number of hydrogen-bond acceptors (Lipinski definition) is 5. The largest absolute Gasteiger partial charge is 0.469 e. The molecule has 1 aromatic carbocycles. The summed E-state index contributed by atoms with van der Waals surface area (Å²) in [5, 5.41) is 21.3. The van der Waals surface area contributed by atoms with Gasteiger partial charge in [0, 0.05) is 17.8 Å². The van der Waals surface area contributed by atoms with E-state index in [1.807, 2.05) is 44.2 Å². The van der Waals surface area contributed by atoms with Crippen molar-refractivity contribution in [3.05, 3.63) is 48.0 Å². The van der Waals surface area contributed by atoms with Crippen LogP contribution in [-0.2, 0) is 20.7 Å². The molecule has 0 aliphatic heterocycles. The molecule has 4 atom stereocenters. The van der Waals surface area contributed by atoms with Gasteiger partial charge >= 0.3 is 5.97 Å². The van der Waals surface area contributed by atoms with Gasteiger partial charge in [-0.3, -0.25) is 9.59 Å². The number of aryl methyl sites for hydroxylation is 1. The number of hydrogen-bond donors (Lipinski definition) is 2. The summed E-state index contributed by atoms with van der Waals surface area (Å²) < 4.78 is 4.63. The van der Waals surface area contributed by atoms with E-state index in [2.05, 4.69) is 16.9 Å². The highest BCUT2D eigenvalue weighted by Crippen LogP contribution is 2.46. The third kappa shape index (κ3) is 7.29. The van der Waals surface area contributed by atoms with Crippen molar-refractivity contribution in [1.82, 2.24) is 0 Å². The van der Waals surface area contributed by atoms with E-state index in [0.29, 0.717) is 38.5 Å². The van der Waals surface area contributed by atoms with E-state index in [9.17, 15) is 19.8 Å². The fraction of sp³-hybridized carbons (Fsp3) is 0.615. The minimum Gasteiger partial charge on any atom is -0.469 e. The number of Topliss-reactive ketones (excluding diaryl/α,β-unsaturated/α-hetero) is 1. The highest BCUT2D eigenvalue weighted by Gasteiger charge is 2.53. The van der Waals surface area contributed by atoms with Crippen molar-refractivity contribution < 1.29 is 24.5 Å². The number of unbranched alkanes of at least 4 members (excludes halogenated alkanes) is 1. The van der Waals surface area contributed by atoms with E-state index in [1.165, 1.54) is 12.7 Å². The molecule has 0 heterocycles. The monoisotopic (exact) mass is 430 g/mol. The third-order valence-corrected chi connectivity index (χ3v) is 6.61. The minimum atomic E-state index is -0.761. The number of methoxy groups -OCH3 is 1. The van der Waals surface area contributed by atoms with E-state index < -0.39 is 17.6 Å².